The Morgan fingerprint density at radius 3 is 2.52 bits per heavy atom. The first-order valence-corrected chi connectivity index (χ1v) is 8.99. The molecule has 29 heavy (non-hydrogen) atoms. The molecule has 0 unspecified atom stereocenters. The first-order valence-electron chi connectivity index (χ1n) is 8.99. The second-order valence-corrected chi connectivity index (χ2v) is 6.62. The standard InChI is InChI=1S/C20H19N7O2/c1-13-7-9-15(10-8-13)18-21-12-22-19(23-18)29-11-16-14(2)5-4-6-17(16)27-20(28)26(3)24-25-27/h4-10,12H,11H2,1-3H3. The maximum Gasteiger partial charge on any atom is 0.368 e. The van der Waals surface area contributed by atoms with Crippen molar-refractivity contribution in [3.05, 3.63) is 76.0 Å². The number of nitrogens with zero attached hydrogens (tertiary/aromatic N) is 7. The van der Waals surface area contributed by atoms with E-state index in [2.05, 4.69) is 25.4 Å². The van der Waals surface area contributed by atoms with Gasteiger partial charge in [-0.2, -0.15) is 19.3 Å². The summed E-state index contributed by atoms with van der Waals surface area (Å²) in [5.41, 5.74) is 4.06. The fourth-order valence-corrected chi connectivity index (χ4v) is 2.87. The van der Waals surface area contributed by atoms with Crippen molar-refractivity contribution < 1.29 is 4.74 Å². The predicted octanol–water partition coefficient (Wildman–Crippen LogP) is 2.01. The van der Waals surface area contributed by atoms with Gasteiger partial charge in [-0.05, 0) is 35.9 Å². The van der Waals surface area contributed by atoms with E-state index < -0.39 is 0 Å². The largest absolute Gasteiger partial charge is 0.458 e. The molecule has 0 aliphatic heterocycles. The van der Waals surface area contributed by atoms with Crippen LogP contribution in [0.5, 0.6) is 6.01 Å². The Balaban J connectivity index is 1.62. The number of tetrazole rings is 1. The minimum Gasteiger partial charge on any atom is -0.458 e. The van der Waals surface area contributed by atoms with Crippen molar-refractivity contribution in [1.82, 2.24) is 34.7 Å². The molecule has 0 fully saturated rings. The number of benzene rings is 2. The SMILES string of the molecule is Cc1ccc(-c2ncnc(OCc3c(C)cccc3-n3nnn(C)c3=O)n2)cc1. The molecule has 0 saturated heterocycles. The van der Waals surface area contributed by atoms with E-state index in [4.69, 9.17) is 4.74 Å². The van der Waals surface area contributed by atoms with E-state index >= 15 is 0 Å². The molecule has 4 rings (SSSR count). The Morgan fingerprint density at radius 2 is 1.79 bits per heavy atom. The Kier molecular flexibility index (Phi) is 4.86. The zero-order valence-electron chi connectivity index (χ0n) is 16.3. The number of hydrogen-bond donors (Lipinski definition) is 0. The number of ether oxygens (including phenoxy) is 1. The van der Waals surface area contributed by atoms with Gasteiger partial charge in [-0.3, -0.25) is 0 Å². The Hall–Kier alpha value is -3.88. The fraction of sp³-hybridized carbons (Fsp3) is 0.200. The number of rotatable bonds is 5. The Bertz CT molecular complexity index is 1210. The van der Waals surface area contributed by atoms with Crippen molar-refractivity contribution in [2.75, 3.05) is 0 Å². The molecular formula is C20H19N7O2. The van der Waals surface area contributed by atoms with Gasteiger partial charge in [0.15, 0.2) is 5.82 Å². The topological polar surface area (TPSA) is 101 Å². The predicted molar refractivity (Wildman–Crippen MR) is 106 cm³/mol. The van der Waals surface area contributed by atoms with Crippen LogP contribution in [-0.4, -0.2) is 34.7 Å². The van der Waals surface area contributed by atoms with E-state index in [1.165, 1.54) is 15.7 Å². The third-order valence-electron chi connectivity index (χ3n) is 4.54. The maximum atomic E-state index is 12.3. The van der Waals surface area contributed by atoms with Crippen LogP contribution in [-0.2, 0) is 13.7 Å². The molecular weight excluding hydrogens is 370 g/mol. The monoisotopic (exact) mass is 389 g/mol. The molecule has 0 radical (unpaired) electrons. The van der Waals surface area contributed by atoms with Crippen LogP contribution in [0.4, 0.5) is 0 Å². The molecule has 2 heterocycles. The average molecular weight is 389 g/mol. The molecule has 9 heteroatoms. The van der Waals surface area contributed by atoms with Gasteiger partial charge in [0, 0.05) is 18.2 Å². The van der Waals surface area contributed by atoms with Crippen LogP contribution >= 0.6 is 0 Å². The molecule has 0 aliphatic rings. The number of hydrogen-bond acceptors (Lipinski definition) is 7. The molecule has 146 valence electrons. The van der Waals surface area contributed by atoms with E-state index in [0.717, 1.165) is 22.3 Å². The van der Waals surface area contributed by atoms with Crippen molar-refractivity contribution in [3.63, 3.8) is 0 Å². The molecule has 0 aliphatic carbocycles. The first kappa shape index (κ1) is 18.5. The molecule has 0 spiro atoms. The van der Waals surface area contributed by atoms with Crippen LogP contribution in [0.15, 0.2) is 53.6 Å². The van der Waals surface area contributed by atoms with Crippen LogP contribution in [0.2, 0.25) is 0 Å². The van der Waals surface area contributed by atoms with Crippen molar-refractivity contribution in [1.29, 1.82) is 0 Å². The van der Waals surface area contributed by atoms with E-state index in [1.807, 2.05) is 50.2 Å². The van der Waals surface area contributed by atoms with Crippen LogP contribution in [0, 0.1) is 13.8 Å². The van der Waals surface area contributed by atoms with E-state index in [0.29, 0.717) is 11.5 Å². The summed E-state index contributed by atoms with van der Waals surface area (Å²) in [5.74, 6) is 0.533. The van der Waals surface area contributed by atoms with Crippen molar-refractivity contribution >= 4 is 0 Å². The molecule has 0 atom stereocenters. The normalized spacial score (nSPS) is 10.9. The molecule has 9 nitrogen and oxygen atoms in total. The second-order valence-electron chi connectivity index (χ2n) is 6.62. The Morgan fingerprint density at radius 1 is 1.00 bits per heavy atom. The minimum absolute atomic E-state index is 0.169. The van der Waals surface area contributed by atoms with Gasteiger partial charge < -0.3 is 4.74 Å². The lowest BCUT2D eigenvalue weighted by atomic mass is 10.1. The third-order valence-corrected chi connectivity index (χ3v) is 4.54. The molecule has 4 aromatic rings. The highest BCUT2D eigenvalue weighted by molar-refractivity contribution is 5.55. The molecule has 0 amide bonds. The summed E-state index contributed by atoms with van der Waals surface area (Å²) in [6.45, 7) is 4.13. The van der Waals surface area contributed by atoms with E-state index in [-0.39, 0.29) is 18.3 Å². The van der Waals surface area contributed by atoms with Gasteiger partial charge in [0.25, 0.3) is 0 Å². The molecule has 2 aromatic carbocycles. The average Bonchev–Trinajstić information content (AvgIpc) is 3.06. The maximum absolute atomic E-state index is 12.3. The second kappa shape index (κ2) is 7.63. The summed E-state index contributed by atoms with van der Waals surface area (Å²) >= 11 is 0. The van der Waals surface area contributed by atoms with Crippen LogP contribution < -0.4 is 10.4 Å². The molecule has 0 bridgehead atoms. The Labute approximate surface area is 166 Å². The van der Waals surface area contributed by atoms with Crippen molar-refractivity contribution in [3.8, 4) is 23.1 Å². The quantitative estimate of drug-likeness (QED) is 0.515. The van der Waals surface area contributed by atoms with Gasteiger partial charge in [0.1, 0.15) is 12.9 Å². The number of aryl methyl sites for hydroxylation is 3. The van der Waals surface area contributed by atoms with Gasteiger partial charge in [-0.1, -0.05) is 42.0 Å². The van der Waals surface area contributed by atoms with Gasteiger partial charge in [-0.25, -0.2) is 9.78 Å². The molecule has 0 saturated carbocycles. The summed E-state index contributed by atoms with van der Waals surface area (Å²) in [7, 11) is 1.55. The lowest BCUT2D eigenvalue weighted by Gasteiger charge is -2.12. The zero-order valence-corrected chi connectivity index (χ0v) is 16.3. The first-order chi connectivity index (χ1) is 14.0. The highest BCUT2D eigenvalue weighted by Crippen LogP contribution is 2.20. The third kappa shape index (κ3) is 3.75. The van der Waals surface area contributed by atoms with Crippen molar-refractivity contribution in [2.45, 2.75) is 20.5 Å². The smallest absolute Gasteiger partial charge is 0.368 e. The summed E-state index contributed by atoms with van der Waals surface area (Å²) in [5, 5.41) is 7.70. The lowest BCUT2D eigenvalue weighted by Crippen LogP contribution is -2.23. The highest BCUT2D eigenvalue weighted by atomic mass is 16.5. The van der Waals surface area contributed by atoms with Gasteiger partial charge in [-0.15, -0.1) is 0 Å². The van der Waals surface area contributed by atoms with Crippen molar-refractivity contribution in [2.24, 2.45) is 7.05 Å². The van der Waals surface area contributed by atoms with Gasteiger partial charge >= 0.3 is 11.7 Å². The highest BCUT2D eigenvalue weighted by Gasteiger charge is 2.14. The van der Waals surface area contributed by atoms with Gasteiger partial charge in [0.2, 0.25) is 0 Å². The van der Waals surface area contributed by atoms with Crippen LogP contribution in [0.3, 0.4) is 0 Å². The van der Waals surface area contributed by atoms with Crippen LogP contribution in [0.25, 0.3) is 17.1 Å². The van der Waals surface area contributed by atoms with E-state index in [9.17, 15) is 4.79 Å². The van der Waals surface area contributed by atoms with Crippen LogP contribution in [0.1, 0.15) is 16.7 Å². The van der Waals surface area contributed by atoms with Gasteiger partial charge in [0.05, 0.1) is 5.69 Å². The molecule has 2 aromatic heterocycles. The zero-order chi connectivity index (χ0) is 20.4. The number of aromatic nitrogens is 7. The molecule has 0 N–H and O–H groups in total. The van der Waals surface area contributed by atoms with E-state index in [1.54, 1.807) is 13.1 Å². The summed E-state index contributed by atoms with van der Waals surface area (Å²) < 4.78 is 8.26. The summed E-state index contributed by atoms with van der Waals surface area (Å²) in [4.78, 5) is 25.0. The minimum atomic E-state index is -0.335. The lowest BCUT2D eigenvalue weighted by molar-refractivity contribution is 0.279. The fourth-order valence-electron chi connectivity index (χ4n) is 2.87. The summed E-state index contributed by atoms with van der Waals surface area (Å²) in [6, 6.07) is 13.7. The summed E-state index contributed by atoms with van der Waals surface area (Å²) in [6.07, 6.45) is 1.42.